The zero-order valence-corrected chi connectivity index (χ0v) is 18.5. The molecule has 0 fully saturated rings. The van der Waals surface area contributed by atoms with Crippen molar-refractivity contribution in [1.29, 1.82) is 0 Å². The molecule has 2 heterocycles. The van der Waals surface area contributed by atoms with Crippen molar-refractivity contribution in [1.82, 2.24) is 15.0 Å². The van der Waals surface area contributed by atoms with Gasteiger partial charge in [-0.2, -0.15) is 11.8 Å². The van der Waals surface area contributed by atoms with E-state index >= 15 is 0 Å². The van der Waals surface area contributed by atoms with Gasteiger partial charge in [0, 0.05) is 29.1 Å². The van der Waals surface area contributed by atoms with Gasteiger partial charge in [0.15, 0.2) is 0 Å². The van der Waals surface area contributed by atoms with Gasteiger partial charge in [-0.05, 0) is 68.1 Å². The first-order chi connectivity index (χ1) is 15.1. The molecule has 0 saturated carbocycles. The van der Waals surface area contributed by atoms with Crippen molar-refractivity contribution >= 4 is 23.0 Å². The first kappa shape index (κ1) is 22.8. The van der Waals surface area contributed by atoms with E-state index in [2.05, 4.69) is 16.0 Å². The van der Waals surface area contributed by atoms with E-state index in [1.165, 1.54) is 6.07 Å². The number of nitrogens with zero attached hydrogens (tertiary/aromatic N) is 2. The number of hydrogen-bond acceptors (Lipinski definition) is 5. The van der Waals surface area contributed by atoms with Gasteiger partial charge in [-0.1, -0.05) is 18.2 Å². The lowest BCUT2D eigenvalue weighted by atomic mass is 10.1. The lowest BCUT2D eigenvalue weighted by Gasteiger charge is -2.04. The molecule has 31 heavy (non-hydrogen) atoms. The summed E-state index contributed by atoms with van der Waals surface area (Å²) in [5.74, 6) is 2.42. The van der Waals surface area contributed by atoms with Gasteiger partial charge in [-0.25, -0.2) is 9.37 Å². The molecule has 0 spiro atoms. The number of benzene rings is 1. The van der Waals surface area contributed by atoms with Crippen molar-refractivity contribution in [3.63, 3.8) is 0 Å². The quantitative estimate of drug-likeness (QED) is 0.228. The van der Waals surface area contributed by atoms with E-state index in [1.807, 2.05) is 43.0 Å². The zero-order valence-electron chi connectivity index (χ0n) is 17.6. The van der Waals surface area contributed by atoms with Gasteiger partial charge in [0.1, 0.15) is 11.6 Å². The van der Waals surface area contributed by atoms with E-state index < -0.39 is 5.82 Å². The molecule has 162 valence electrons. The maximum absolute atomic E-state index is 13.7. The molecule has 0 bridgehead atoms. The molecular weight excluding hydrogens is 409 g/mol. The fourth-order valence-electron chi connectivity index (χ4n) is 3.15. The maximum atomic E-state index is 13.7. The topological polar surface area (TPSA) is 93.6 Å². The highest BCUT2D eigenvalue weighted by Crippen LogP contribution is 2.33. The third-order valence-electron chi connectivity index (χ3n) is 4.68. The Morgan fingerprint density at radius 3 is 2.68 bits per heavy atom. The Labute approximate surface area is 186 Å². The van der Waals surface area contributed by atoms with E-state index in [-0.39, 0.29) is 5.69 Å². The van der Waals surface area contributed by atoms with Gasteiger partial charge in [0.25, 0.3) is 0 Å². The number of halogens is 1. The van der Waals surface area contributed by atoms with E-state index in [0.717, 1.165) is 64.8 Å². The van der Waals surface area contributed by atoms with Crippen molar-refractivity contribution in [3.8, 4) is 22.5 Å². The summed E-state index contributed by atoms with van der Waals surface area (Å²) in [5, 5.41) is 0. The van der Waals surface area contributed by atoms with Crippen LogP contribution < -0.4 is 11.5 Å². The van der Waals surface area contributed by atoms with Gasteiger partial charge >= 0.3 is 0 Å². The average molecular weight is 438 g/mol. The Hall–Kier alpha value is -2.90. The Balaban J connectivity index is 1.97. The van der Waals surface area contributed by atoms with Gasteiger partial charge in [0.2, 0.25) is 0 Å². The van der Waals surface area contributed by atoms with Crippen LogP contribution in [0.4, 0.5) is 10.1 Å². The molecule has 0 aliphatic rings. The van der Waals surface area contributed by atoms with Gasteiger partial charge in [-0.3, -0.25) is 4.98 Å². The molecule has 7 heteroatoms. The number of hydrogen-bond donors (Lipinski definition) is 3. The summed E-state index contributed by atoms with van der Waals surface area (Å²) in [6.45, 7) is 2.71. The third-order valence-corrected chi connectivity index (χ3v) is 5.78. The second-order valence-corrected chi connectivity index (χ2v) is 8.21. The van der Waals surface area contributed by atoms with Crippen LogP contribution in [0.5, 0.6) is 0 Å². The second kappa shape index (κ2) is 11.5. The molecule has 5 N–H and O–H groups in total. The number of nitrogen functional groups attached to an aromatic ring is 1. The molecule has 0 atom stereocenters. The summed E-state index contributed by atoms with van der Waals surface area (Å²) in [6, 6.07) is 8.52. The average Bonchev–Trinajstić information content (AvgIpc) is 3.23. The first-order valence-electron chi connectivity index (χ1n) is 10.3. The second-order valence-electron chi connectivity index (χ2n) is 6.98. The van der Waals surface area contributed by atoms with Crippen LogP contribution in [-0.4, -0.2) is 33.0 Å². The molecule has 5 nitrogen and oxygen atoms in total. The molecule has 3 aromatic rings. The molecule has 3 rings (SSSR count). The molecule has 0 aliphatic carbocycles. The standard InChI is InChI=1S/C24H28FN5S/c1-2-5-18(6-3-14-31-15-4-11-26)24-29-22(17-9-12-28-13-10-17)23(30-24)19-7-8-20(25)21(27)16-19/h2,5-10,12-13,16H,3-4,11,14-15,26-27H2,1H3,(H,29,30)/b5-2-,18-6+. The molecule has 0 saturated heterocycles. The number of nitrogens with two attached hydrogens (primary N) is 2. The predicted molar refractivity (Wildman–Crippen MR) is 130 cm³/mol. The fraction of sp³-hybridized carbons (Fsp3) is 0.250. The fourth-order valence-corrected chi connectivity index (χ4v) is 4.01. The number of pyridine rings is 1. The van der Waals surface area contributed by atoms with Crippen LogP contribution in [0.25, 0.3) is 28.1 Å². The maximum Gasteiger partial charge on any atom is 0.146 e. The van der Waals surface area contributed by atoms with Crippen molar-refractivity contribution in [2.75, 3.05) is 23.8 Å². The van der Waals surface area contributed by atoms with Gasteiger partial charge < -0.3 is 16.5 Å². The van der Waals surface area contributed by atoms with Crippen LogP contribution in [0, 0.1) is 5.82 Å². The smallest absolute Gasteiger partial charge is 0.146 e. The highest BCUT2D eigenvalue weighted by molar-refractivity contribution is 7.99. The number of imidazole rings is 1. The number of nitrogens with one attached hydrogen (secondary N) is 1. The van der Waals surface area contributed by atoms with Crippen molar-refractivity contribution in [2.45, 2.75) is 19.8 Å². The minimum Gasteiger partial charge on any atom is -0.396 e. The SMILES string of the molecule is C/C=C\C(=C/CCSCCCN)c1nc(-c2ccc(F)c(N)c2)c(-c2ccncc2)[nH]1. The minimum absolute atomic E-state index is 0.0986. The molecule has 0 amide bonds. The van der Waals surface area contributed by atoms with Crippen LogP contribution in [-0.2, 0) is 0 Å². The summed E-state index contributed by atoms with van der Waals surface area (Å²) >= 11 is 1.90. The summed E-state index contributed by atoms with van der Waals surface area (Å²) in [6.07, 6.45) is 11.7. The number of aromatic nitrogens is 3. The first-order valence-corrected chi connectivity index (χ1v) is 11.5. The zero-order chi connectivity index (χ0) is 22.1. The lowest BCUT2D eigenvalue weighted by molar-refractivity contribution is 0.632. The molecule has 0 radical (unpaired) electrons. The molecule has 1 aromatic carbocycles. The molecule has 0 unspecified atom stereocenters. The number of aromatic amines is 1. The van der Waals surface area contributed by atoms with Crippen molar-refractivity contribution in [2.24, 2.45) is 5.73 Å². The lowest BCUT2D eigenvalue weighted by Crippen LogP contribution is -1.99. The number of allylic oxidation sites excluding steroid dienone is 4. The van der Waals surface area contributed by atoms with Gasteiger partial charge in [0.05, 0.1) is 17.1 Å². The number of thioether (sulfide) groups is 1. The summed E-state index contributed by atoms with van der Waals surface area (Å²) in [4.78, 5) is 12.4. The minimum atomic E-state index is -0.438. The van der Waals surface area contributed by atoms with E-state index in [1.54, 1.807) is 24.5 Å². The normalized spacial score (nSPS) is 12.0. The highest BCUT2D eigenvalue weighted by Gasteiger charge is 2.16. The Morgan fingerprint density at radius 1 is 1.16 bits per heavy atom. The number of anilines is 1. The Morgan fingerprint density at radius 2 is 1.97 bits per heavy atom. The molecule has 0 aliphatic heterocycles. The summed E-state index contributed by atoms with van der Waals surface area (Å²) in [7, 11) is 0. The van der Waals surface area contributed by atoms with Crippen molar-refractivity contribution in [3.05, 3.63) is 72.6 Å². The van der Waals surface area contributed by atoms with E-state index in [4.69, 9.17) is 16.5 Å². The highest BCUT2D eigenvalue weighted by atomic mass is 32.2. The number of H-pyrrole nitrogens is 1. The van der Waals surface area contributed by atoms with E-state index in [0.29, 0.717) is 0 Å². The monoisotopic (exact) mass is 437 g/mol. The van der Waals surface area contributed by atoms with Crippen LogP contribution in [0.1, 0.15) is 25.6 Å². The van der Waals surface area contributed by atoms with Crippen LogP contribution >= 0.6 is 11.8 Å². The van der Waals surface area contributed by atoms with Crippen LogP contribution in [0.3, 0.4) is 0 Å². The van der Waals surface area contributed by atoms with E-state index in [9.17, 15) is 4.39 Å². The predicted octanol–water partition coefficient (Wildman–Crippen LogP) is 5.29. The van der Waals surface area contributed by atoms with Crippen LogP contribution in [0.15, 0.2) is 61.0 Å². The van der Waals surface area contributed by atoms with Gasteiger partial charge in [-0.15, -0.1) is 0 Å². The van der Waals surface area contributed by atoms with Crippen LogP contribution in [0.2, 0.25) is 0 Å². The Kier molecular flexibility index (Phi) is 8.44. The Bertz CT molecular complexity index is 1040. The largest absolute Gasteiger partial charge is 0.396 e. The summed E-state index contributed by atoms with van der Waals surface area (Å²) in [5.41, 5.74) is 15.8. The summed E-state index contributed by atoms with van der Waals surface area (Å²) < 4.78 is 13.7. The molecular formula is C24H28FN5S. The third kappa shape index (κ3) is 6.06. The number of rotatable bonds is 10. The van der Waals surface area contributed by atoms with Crippen molar-refractivity contribution < 1.29 is 4.39 Å². The molecule has 2 aromatic heterocycles.